The van der Waals surface area contributed by atoms with Gasteiger partial charge in [-0.15, -0.1) is 0 Å². The van der Waals surface area contributed by atoms with Gasteiger partial charge in [0.15, 0.2) is 5.82 Å². The Balaban J connectivity index is 2.98. The Morgan fingerprint density at radius 1 is 1.29 bits per heavy atom. The zero-order chi connectivity index (χ0) is 10.3. The van der Waals surface area contributed by atoms with Crippen LogP contribution in [0.4, 0.5) is 4.39 Å². The fourth-order valence-electron chi connectivity index (χ4n) is 1.08. The maximum Gasteiger partial charge on any atom is 0.164 e. The van der Waals surface area contributed by atoms with Gasteiger partial charge in [0.1, 0.15) is 17.0 Å². The highest BCUT2D eigenvalue weighted by Gasteiger charge is 2.13. The first-order valence-corrected chi connectivity index (χ1v) is 5.38. The Morgan fingerprint density at radius 3 is 2.71 bits per heavy atom. The van der Waals surface area contributed by atoms with Crippen molar-refractivity contribution in [2.24, 2.45) is 0 Å². The molecule has 0 fully saturated rings. The first kappa shape index (κ1) is 10.3. The minimum atomic E-state index is -0.461. The predicted molar refractivity (Wildman–Crippen MR) is 62.2 cm³/mol. The van der Waals surface area contributed by atoms with Crippen molar-refractivity contribution in [3.63, 3.8) is 0 Å². The molecule has 0 spiro atoms. The first-order chi connectivity index (χ1) is 6.61. The highest BCUT2D eigenvalue weighted by Crippen LogP contribution is 2.30. The maximum atomic E-state index is 13.6. The van der Waals surface area contributed by atoms with Gasteiger partial charge in [-0.05, 0) is 28.7 Å². The number of hydrogen-bond donors (Lipinski definition) is 0. The predicted octanol–water partition coefficient (Wildman–Crippen LogP) is 3.68. The zero-order valence-corrected chi connectivity index (χ0v) is 10.2. The highest BCUT2D eigenvalue weighted by atomic mass is 127. The van der Waals surface area contributed by atoms with E-state index < -0.39 is 5.82 Å². The molecule has 0 radical (unpaired) electrons. The van der Waals surface area contributed by atoms with Crippen molar-refractivity contribution in [3.05, 3.63) is 32.0 Å². The Morgan fingerprint density at radius 2 is 2.00 bits per heavy atom. The molecular weight excluding hydrogens is 341 g/mol. The summed E-state index contributed by atoms with van der Waals surface area (Å²) in [5.41, 5.74) is 0.193. The van der Waals surface area contributed by atoms with E-state index in [4.69, 9.17) is 23.2 Å². The van der Waals surface area contributed by atoms with Crippen LogP contribution in [0.1, 0.15) is 0 Å². The van der Waals surface area contributed by atoms with E-state index in [0.29, 0.717) is 14.0 Å². The summed E-state index contributed by atoms with van der Waals surface area (Å²) in [6, 6.07) is 1.56. The molecule has 1 aromatic carbocycles. The van der Waals surface area contributed by atoms with Crippen LogP contribution in [0.5, 0.6) is 0 Å². The molecule has 0 amide bonds. The van der Waals surface area contributed by atoms with E-state index in [1.54, 1.807) is 6.07 Å². The van der Waals surface area contributed by atoms with Crippen molar-refractivity contribution >= 4 is 56.7 Å². The summed E-state index contributed by atoms with van der Waals surface area (Å²) in [4.78, 5) is 7.56. The summed E-state index contributed by atoms with van der Waals surface area (Å²) in [7, 11) is 0. The third-order valence-electron chi connectivity index (χ3n) is 1.72. The molecule has 14 heavy (non-hydrogen) atoms. The van der Waals surface area contributed by atoms with Gasteiger partial charge in [-0.2, -0.15) is 0 Å². The quantitative estimate of drug-likeness (QED) is 0.414. The topological polar surface area (TPSA) is 25.8 Å². The van der Waals surface area contributed by atoms with E-state index in [1.165, 1.54) is 6.33 Å². The number of nitrogens with zero attached hydrogens (tertiary/aromatic N) is 2. The smallest absolute Gasteiger partial charge is 0.164 e. The lowest BCUT2D eigenvalue weighted by atomic mass is 10.2. The number of rotatable bonds is 0. The van der Waals surface area contributed by atoms with Crippen LogP contribution in [0.2, 0.25) is 10.2 Å². The second-order valence-corrected chi connectivity index (χ2v) is 4.39. The van der Waals surface area contributed by atoms with Crippen molar-refractivity contribution in [1.82, 2.24) is 9.97 Å². The fourth-order valence-corrected chi connectivity index (χ4v) is 1.87. The van der Waals surface area contributed by atoms with Crippen molar-refractivity contribution in [1.29, 1.82) is 0 Å². The molecule has 1 aromatic heterocycles. The van der Waals surface area contributed by atoms with E-state index >= 15 is 0 Å². The van der Waals surface area contributed by atoms with E-state index in [2.05, 4.69) is 9.97 Å². The average molecular weight is 343 g/mol. The van der Waals surface area contributed by atoms with Gasteiger partial charge >= 0.3 is 0 Å². The Labute approximate surface area is 103 Å². The highest BCUT2D eigenvalue weighted by molar-refractivity contribution is 14.1. The van der Waals surface area contributed by atoms with Crippen molar-refractivity contribution in [2.75, 3.05) is 0 Å². The van der Waals surface area contributed by atoms with Gasteiger partial charge in [0.25, 0.3) is 0 Å². The molecule has 0 unspecified atom stereocenters. The van der Waals surface area contributed by atoms with E-state index in [1.807, 2.05) is 22.6 Å². The second kappa shape index (κ2) is 3.75. The van der Waals surface area contributed by atoms with Crippen molar-refractivity contribution < 1.29 is 4.39 Å². The molecule has 0 aliphatic carbocycles. The fraction of sp³-hybridized carbons (Fsp3) is 0. The van der Waals surface area contributed by atoms with Gasteiger partial charge in [0.05, 0.1) is 8.59 Å². The Kier molecular flexibility index (Phi) is 2.77. The Bertz CT molecular complexity index is 518. The molecule has 2 nitrogen and oxygen atoms in total. The van der Waals surface area contributed by atoms with E-state index in [9.17, 15) is 4.39 Å². The summed E-state index contributed by atoms with van der Waals surface area (Å²) in [6.45, 7) is 0. The third-order valence-corrected chi connectivity index (χ3v) is 3.69. The van der Waals surface area contributed by atoms with Crippen LogP contribution in [0.25, 0.3) is 10.9 Å². The van der Waals surface area contributed by atoms with Gasteiger partial charge < -0.3 is 0 Å². The Hall–Kier alpha value is -0.200. The summed E-state index contributed by atoms with van der Waals surface area (Å²) in [6.07, 6.45) is 1.22. The van der Waals surface area contributed by atoms with Crippen LogP contribution in [-0.2, 0) is 0 Å². The van der Waals surface area contributed by atoms with Crippen LogP contribution >= 0.6 is 45.8 Å². The molecule has 6 heteroatoms. The zero-order valence-electron chi connectivity index (χ0n) is 6.56. The van der Waals surface area contributed by atoms with Crippen LogP contribution in [-0.4, -0.2) is 9.97 Å². The van der Waals surface area contributed by atoms with E-state index in [-0.39, 0.29) is 10.7 Å². The SMILES string of the molecule is Fc1c(I)c(Cl)cc2c(Cl)ncnc12. The molecule has 0 aliphatic heterocycles. The third kappa shape index (κ3) is 1.55. The largest absolute Gasteiger partial charge is 0.233 e. The molecule has 0 bridgehead atoms. The van der Waals surface area contributed by atoms with Crippen molar-refractivity contribution in [3.8, 4) is 0 Å². The van der Waals surface area contributed by atoms with Crippen molar-refractivity contribution in [2.45, 2.75) is 0 Å². The van der Waals surface area contributed by atoms with Crippen LogP contribution in [0.15, 0.2) is 12.4 Å². The van der Waals surface area contributed by atoms with Gasteiger partial charge in [-0.25, -0.2) is 14.4 Å². The molecule has 0 saturated heterocycles. The molecule has 0 saturated carbocycles. The number of aromatic nitrogens is 2. The average Bonchev–Trinajstić information content (AvgIpc) is 2.17. The lowest BCUT2D eigenvalue weighted by molar-refractivity contribution is 0.629. The van der Waals surface area contributed by atoms with Crippen LogP contribution < -0.4 is 0 Å². The van der Waals surface area contributed by atoms with Gasteiger partial charge in [-0.3, -0.25) is 0 Å². The lowest BCUT2D eigenvalue weighted by Crippen LogP contribution is -1.91. The molecule has 0 atom stereocenters. The molecule has 2 rings (SSSR count). The summed E-state index contributed by atoms with van der Waals surface area (Å²) in [5.74, 6) is -0.461. The molecule has 2 aromatic rings. The number of hydrogen-bond acceptors (Lipinski definition) is 2. The molecule has 72 valence electrons. The molecule has 0 aliphatic rings. The second-order valence-electron chi connectivity index (χ2n) is 2.55. The summed E-state index contributed by atoms with van der Waals surface area (Å²) >= 11 is 13.4. The minimum absolute atomic E-state index is 0.193. The monoisotopic (exact) mass is 342 g/mol. The van der Waals surface area contributed by atoms with Gasteiger partial charge in [0.2, 0.25) is 0 Å². The standard InChI is InChI=1S/C8H2Cl2FIN2/c9-4-1-3-7(5(11)6(4)12)13-2-14-8(3)10/h1-2H. The summed E-state index contributed by atoms with van der Waals surface area (Å²) < 4.78 is 13.9. The number of fused-ring (bicyclic) bond motifs is 1. The van der Waals surface area contributed by atoms with E-state index in [0.717, 1.165) is 0 Å². The van der Waals surface area contributed by atoms with Gasteiger partial charge in [-0.1, -0.05) is 23.2 Å². The van der Waals surface area contributed by atoms with Gasteiger partial charge in [0, 0.05) is 5.39 Å². The molecule has 0 N–H and O–H groups in total. The van der Waals surface area contributed by atoms with Crippen LogP contribution in [0.3, 0.4) is 0 Å². The molecular formula is C8H2Cl2FIN2. The lowest BCUT2D eigenvalue weighted by Gasteiger charge is -2.03. The number of benzene rings is 1. The maximum absolute atomic E-state index is 13.6. The summed E-state index contributed by atoms with van der Waals surface area (Å²) in [5, 5.41) is 0.941. The minimum Gasteiger partial charge on any atom is -0.233 e. The number of halogens is 4. The normalized spacial score (nSPS) is 10.9. The molecule has 1 heterocycles. The first-order valence-electron chi connectivity index (χ1n) is 3.55. The van der Waals surface area contributed by atoms with Crippen LogP contribution in [0, 0.1) is 9.39 Å².